The third kappa shape index (κ3) is 5.78. The van der Waals surface area contributed by atoms with Crippen molar-refractivity contribution in [2.24, 2.45) is 0 Å². The van der Waals surface area contributed by atoms with E-state index in [0.29, 0.717) is 30.1 Å². The number of carbonyl (C=O) groups is 3. The highest BCUT2D eigenvalue weighted by atomic mass is 32.2. The highest BCUT2D eigenvalue weighted by Crippen LogP contribution is 2.37. The van der Waals surface area contributed by atoms with E-state index in [1.807, 2.05) is 6.92 Å². The topological polar surface area (TPSA) is 119 Å². The van der Waals surface area contributed by atoms with Gasteiger partial charge in [-0.15, -0.1) is 11.3 Å². The van der Waals surface area contributed by atoms with Gasteiger partial charge in [0.1, 0.15) is 5.00 Å². The molecular formula is C26H35N5O5S2. The third-order valence-corrected chi connectivity index (χ3v) is 10.3. The van der Waals surface area contributed by atoms with E-state index in [1.165, 1.54) is 44.8 Å². The Kier molecular flexibility index (Phi) is 8.55. The molecule has 1 unspecified atom stereocenters. The lowest BCUT2D eigenvalue weighted by Gasteiger charge is -2.32. The standard InChI is InChI=1S/C26H35N5O5S2/c1-5-30-15-13-20-21(16-30)37-25(22(20)24(33)28-26(34)29(3)4)27-23(32)18-9-11-19(12-10-18)38(35,36)31-14-7-6-8-17(31)2/h9-12,17H,5-8,13-16H2,1-4H3,(H,27,32)(H,28,33,34). The van der Waals surface area contributed by atoms with E-state index in [2.05, 4.69) is 22.5 Å². The van der Waals surface area contributed by atoms with Crippen molar-refractivity contribution in [3.63, 3.8) is 0 Å². The van der Waals surface area contributed by atoms with E-state index in [1.54, 1.807) is 14.1 Å². The Bertz CT molecular complexity index is 1320. The van der Waals surface area contributed by atoms with Crippen molar-refractivity contribution in [3.05, 3.63) is 45.8 Å². The normalized spacial score (nSPS) is 18.5. The number of anilines is 1. The lowest BCUT2D eigenvalue weighted by atomic mass is 10.0. The Balaban J connectivity index is 1.58. The van der Waals surface area contributed by atoms with Gasteiger partial charge in [-0.05, 0) is 62.6 Å². The lowest BCUT2D eigenvalue weighted by Crippen LogP contribution is -2.41. The number of amides is 4. The summed E-state index contributed by atoms with van der Waals surface area (Å²) in [7, 11) is -0.559. The summed E-state index contributed by atoms with van der Waals surface area (Å²) in [6, 6.07) is 5.27. The van der Waals surface area contributed by atoms with Crippen LogP contribution in [0.25, 0.3) is 0 Å². The number of likely N-dealkylation sites (N-methyl/N-ethyl adjacent to an activating group) is 1. The lowest BCUT2D eigenvalue weighted by molar-refractivity contribution is 0.0956. The van der Waals surface area contributed by atoms with Crippen molar-refractivity contribution in [1.29, 1.82) is 0 Å². The minimum absolute atomic E-state index is 0.0610. The first-order valence-electron chi connectivity index (χ1n) is 12.9. The predicted octanol–water partition coefficient (Wildman–Crippen LogP) is 3.35. The Labute approximate surface area is 228 Å². The fourth-order valence-corrected chi connectivity index (χ4v) is 7.83. The van der Waals surface area contributed by atoms with Gasteiger partial charge >= 0.3 is 6.03 Å². The van der Waals surface area contributed by atoms with Crippen LogP contribution in [0.2, 0.25) is 0 Å². The Morgan fingerprint density at radius 2 is 1.79 bits per heavy atom. The van der Waals surface area contributed by atoms with Gasteiger partial charge in [-0.1, -0.05) is 13.3 Å². The van der Waals surface area contributed by atoms with Gasteiger partial charge in [0, 0.05) is 50.2 Å². The van der Waals surface area contributed by atoms with Crippen molar-refractivity contribution >= 4 is 44.2 Å². The van der Waals surface area contributed by atoms with Crippen molar-refractivity contribution in [2.75, 3.05) is 39.0 Å². The fraction of sp³-hybridized carbons (Fsp3) is 0.500. The zero-order chi connectivity index (χ0) is 27.6. The maximum atomic E-state index is 13.2. The van der Waals surface area contributed by atoms with E-state index in [9.17, 15) is 22.8 Å². The minimum Gasteiger partial charge on any atom is -0.331 e. The molecule has 4 rings (SSSR count). The number of piperidine rings is 1. The number of sulfonamides is 1. The van der Waals surface area contributed by atoms with Crippen LogP contribution in [0.5, 0.6) is 0 Å². The van der Waals surface area contributed by atoms with Gasteiger partial charge in [-0.3, -0.25) is 19.8 Å². The van der Waals surface area contributed by atoms with Crippen molar-refractivity contribution in [2.45, 2.75) is 57.0 Å². The molecule has 0 spiro atoms. The molecule has 0 aliphatic carbocycles. The summed E-state index contributed by atoms with van der Waals surface area (Å²) in [6.07, 6.45) is 3.31. The van der Waals surface area contributed by atoms with E-state index in [4.69, 9.17) is 0 Å². The van der Waals surface area contributed by atoms with Crippen LogP contribution in [-0.4, -0.2) is 80.1 Å². The molecule has 1 aromatic carbocycles. The van der Waals surface area contributed by atoms with Gasteiger partial charge in [-0.25, -0.2) is 13.2 Å². The molecule has 38 heavy (non-hydrogen) atoms. The molecule has 2 aromatic rings. The molecule has 1 saturated heterocycles. The molecule has 206 valence electrons. The Morgan fingerprint density at radius 1 is 1.08 bits per heavy atom. The quantitative estimate of drug-likeness (QED) is 0.558. The van der Waals surface area contributed by atoms with Crippen LogP contribution in [0, 0.1) is 0 Å². The summed E-state index contributed by atoms with van der Waals surface area (Å²) in [5, 5.41) is 5.61. The maximum Gasteiger partial charge on any atom is 0.323 e. The SMILES string of the molecule is CCN1CCc2c(sc(NC(=O)c3ccc(S(=O)(=O)N4CCCCC4C)cc3)c2C(=O)NC(=O)N(C)C)C1. The van der Waals surface area contributed by atoms with Gasteiger partial charge in [0.25, 0.3) is 11.8 Å². The number of benzene rings is 1. The molecule has 10 nitrogen and oxygen atoms in total. The van der Waals surface area contributed by atoms with Crippen molar-refractivity contribution in [1.82, 2.24) is 19.4 Å². The van der Waals surface area contributed by atoms with Crippen LogP contribution in [0.4, 0.5) is 9.80 Å². The largest absolute Gasteiger partial charge is 0.331 e. The van der Waals surface area contributed by atoms with Gasteiger partial charge in [0.2, 0.25) is 10.0 Å². The van der Waals surface area contributed by atoms with E-state index < -0.39 is 27.9 Å². The Hall–Kier alpha value is -2.80. The molecule has 0 saturated carbocycles. The number of nitrogens with zero attached hydrogens (tertiary/aromatic N) is 3. The number of thiophene rings is 1. The number of hydrogen-bond donors (Lipinski definition) is 2. The highest BCUT2D eigenvalue weighted by Gasteiger charge is 2.32. The number of rotatable bonds is 6. The fourth-order valence-electron chi connectivity index (χ4n) is 4.84. The van der Waals surface area contributed by atoms with Gasteiger partial charge in [0.15, 0.2) is 0 Å². The van der Waals surface area contributed by atoms with E-state index >= 15 is 0 Å². The molecule has 1 atom stereocenters. The second-order valence-corrected chi connectivity index (χ2v) is 12.9. The number of urea groups is 1. The molecule has 1 aromatic heterocycles. The average molecular weight is 562 g/mol. The molecule has 4 amide bonds. The molecule has 2 N–H and O–H groups in total. The molecule has 2 aliphatic rings. The van der Waals surface area contributed by atoms with Gasteiger partial charge in [0.05, 0.1) is 10.5 Å². The first kappa shape index (κ1) is 28.2. The summed E-state index contributed by atoms with van der Waals surface area (Å²) in [5.74, 6) is -1.02. The number of fused-ring (bicyclic) bond motifs is 1. The molecular weight excluding hydrogens is 526 g/mol. The molecule has 3 heterocycles. The van der Waals surface area contributed by atoms with Crippen LogP contribution in [-0.2, 0) is 23.0 Å². The number of imide groups is 1. The van der Waals surface area contributed by atoms with Crippen molar-refractivity contribution < 1.29 is 22.8 Å². The monoisotopic (exact) mass is 561 g/mol. The van der Waals surface area contributed by atoms with Gasteiger partial charge in [-0.2, -0.15) is 4.31 Å². The predicted molar refractivity (Wildman–Crippen MR) is 147 cm³/mol. The summed E-state index contributed by atoms with van der Waals surface area (Å²) < 4.78 is 27.8. The van der Waals surface area contributed by atoms with Crippen LogP contribution in [0.15, 0.2) is 29.2 Å². The van der Waals surface area contributed by atoms with Crippen LogP contribution >= 0.6 is 11.3 Å². The smallest absolute Gasteiger partial charge is 0.323 e. The summed E-state index contributed by atoms with van der Waals surface area (Å²) in [4.78, 5) is 43.1. The molecule has 2 aliphatic heterocycles. The molecule has 12 heteroatoms. The maximum absolute atomic E-state index is 13.2. The summed E-state index contributed by atoms with van der Waals surface area (Å²) in [5.41, 5.74) is 1.42. The zero-order valence-electron chi connectivity index (χ0n) is 22.2. The molecule has 0 radical (unpaired) electrons. The first-order chi connectivity index (χ1) is 18.0. The summed E-state index contributed by atoms with van der Waals surface area (Å²) >= 11 is 1.33. The van der Waals surface area contributed by atoms with Crippen LogP contribution in [0.3, 0.4) is 0 Å². The number of nitrogens with one attached hydrogen (secondary N) is 2. The van der Waals surface area contributed by atoms with Crippen LogP contribution in [0.1, 0.15) is 64.3 Å². The van der Waals surface area contributed by atoms with Crippen molar-refractivity contribution in [3.8, 4) is 0 Å². The third-order valence-electron chi connectivity index (χ3n) is 7.13. The Morgan fingerprint density at radius 3 is 2.42 bits per heavy atom. The second kappa shape index (κ2) is 11.5. The average Bonchev–Trinajstić information content (AvgIpc) is 3.25. The van der Waals surface area contributed by atoms with Crippen LogP contribution < -0.4 is 10.6 Å². The minimum atomic E-state index is -3.65. The highest BCUT2D eigenvalue weighted by molar-refractivity contribution is 7.89. The molecule has 0 bridgehead atoms. The number of hydrogen-bond acceptors (Lipinski definition) is 7. The summed E-state index contributed by atoms with van der Waals surface area (Å²) in [6.45, 7) is 6.78. The van der Waals surface area contributed by atoms with E-state index in [-0.39, 0.29) is 16.5 Å². The number of carbonyl (C=O) groups excluding carboxylic acids is 3. The van der Waals surface area contributed by atoms with Gasteiger partial charge < -0.3 is 10.2 Å². The zero-order valence-corrected chi connectivity index (χ0v) is 23.9. The second-order valence-electron chi connectivity index (χ2n) is 9.92. The molecule has 1 fully saturated rings. The first-order valence-corrected chi connectivity index (χ1v) is 15.1. The van der Waals surface area contributed by atoms with E-state index in [0.717, 1.165) is 42.8 Å².